The predicted octanol–water partition coefficient (Wildman–Crippen LogP) is 4.53. The van der Waals surface area contributed by atoms with Gasteiger partial charge < -0.3 is 19.5 Å². The Morgan fingerprint density at radius 3 is 2.52 bits per heavy atom. The van der Waals surface area contributed by atoms with Gasteiger partial charge in [0.05, 0.1) is 19.6 Å². The summed E-state index contributed by atoms with van der Waals surface area (Å²) in [5.41, 5.74) is 3.94. The SMILES string of the molecule is O=C(Cc1c2c(cc3c1OCC3)OCC2)Nc1ccc(Oc2ccccc2)cc1. The number of rotatable bonds is 5. The summed E-state index contributed by atoms with van der Waals surface area (Å²) < 4.78 is 17.3. The summed E-state index contributed by atoms with van der Waals surface area (Å²) in [5.74, 6) is 3.20. The summed E-state index contributed by atoms with van der Waals surface area (Å²) in [7, 11) is 0. The molecule has 1 amide bonds. The Kier molecular flexibility index (Phi) is 4.56. The van der Waals surface area contributed by atoms with Gasteiger partial charge in [0, 0.05) is 35.2 Å². The fourth-order valence-electron chi connectivity index (χ4n) is 3.87. The number of fused-ring (bicyclic) bond motifs is 2. The number of ether oxygens (including phenoxy) is 3. The molecule has 0 atom stereocenters. The van der Waals surface area contributed by atoms with Crippen molar-refractivity contribution in [3.05, 3.63) is 77.4 Å². The molecule has 0 aromatic heterocycles. The van der Waals surface area contributed by atoms with Crippen LogP contribution in [0.5, 0.6) is 23.0 Å². The van der Waals surface area contributed by atoms with Crippen LogP contribution in [0.15, 0.2) is 60.7 Å². The average molecular weight is 387 g/mol. The summed E-state index contributed by atoms with van der Waals surface area (Å²) in [6.07, 6.45) is 1.96. The van der Waals surface area contributed by atoms with Crippen molar-refractivity contribution in [1.29, 1.82) is 0 Å². The summed E-state index contributed by atoms with van der Waals surface area (Å²) in [4.78, 5) is 12.7. The van der Waals surface area contributed by atoms with Crippen LogP contribution in [0.2, 0.25) is 0 Å². The average Bonchev–Trinajstić information content (AvgIpc) is 3.39. The first kappa shape index (κ1) is 17.6. The van der Waals surface area contributed by atoms with Crippen LogP contribution < -0.4 is 19.5 Å². The lowest BCUT2D eigenvalue weighted by atomic mass is 9.97. The zero-order valence-electron chi connectivity index (χ0n) is 15.9. The van der Waals surface area contributed by atoms with Crippen LogP contribution >= 0.6 is 0 Å². The second kappa shape index (κ2) is 7.51. The Morgan fingerprint density at radius 1 is 0.931 bits per heavy atom. The molecule has 29 heavy (non-hydrogen) atoms. The molecule has 2 aliphatic heterocycles. The van der Waals surface area contributed by atoms with Crippen LogP contribution in [-0.2, 0) is 24.1 Å². The molecular formula is C24H21NO4. The zero-order valence-corrected chi connectivity index (χ0v) is 15.9. The normalized spacial score (nSPS) is 13.8. The maximum absolute atomic E-state index is 12.7. The van der Waals surface area contributed by atoms with Crippen molar-refractivity contribution in [1.82, 2.24) is 0 Å². The molecule has 2 heterocycles. The van der Waals surface area contributed by atoms with E-state index in [0.29, 0.717) is 13.2 Å². The topological polar surface area (TPSA) is 56.8 Å². The van der Waals surface area contributed by atoms with Crippen molar-refractivity contribution in [2.75, 3.05) is 18.5 Å². The second-order valence-corrected chi connectivity index (χ2v) is 7.18. The number of hydrogen-bond acceptors (Lipinski definition) is 4. The Morgan fingerprint density at radius 2 is 1.69 bits per heavy atom. The van der Waals surface area contributed by atoms with E-state index in [1.807, 2.05) is 54.6 Å². The van der Waals surface area contributed by atoms with Crippen molar-refractivity contribution in [2.24, 2.45) is 0 Å². The van der Waals surface area contributed by atoms with Gasteiger partial charge in [-0.1, -0.05) is 18.2 Å². The van der Waals surface area contributed by atoms with E-state index in [1.54, 1.807) is 0 Å². The van der Waals surface area contributed by atoms with Gasteiger partial charge >= 0.3 is 0 Å². The van der Waals surface area contributed by atoms with Crippen LogP contribution in [0.3, 0.4) is 0 Å². The molecule has 0 saturated carbocycles. The Balaban J connectivity index is 1.28. The molecule has 5 rings (SSSR count). The van der Waals surface area contributed by atoms with E-state index in [-0.39, 0.29) is 12.3 Å². The molecule has 0 fully saturated rings. The summed E-state index contributed by atoms with van der Waals surface area (Å²) >= 11 is 0. The molecular weight excluding hydrogens is 366 g/mol. The molecule has 146 valence electrons. The highest BCUT2D eigenvalue weighted by atomic mass is 16.5. The Labute approximate surface area is 169 Å². The lowest BCUT2D eigenvalue weighted by Gasteiger charge is -2.13. The van der Waals surface area contributed by atoms with Crippen molar-refractivity contribution >= 4 is 11.6 Å². The summed E-state index contributed by atoms with van der Waals surface area (Å²) in [6, 6.07) is 19.0. The second-order valence-electron chi connectivity index (χ2n) is 7.18. The molecule has 5 nitrogen and oxygen atoms in total. The monoisotopic (exact) mass is 387 g/mol. The van der Waals surface area contributed by atoms with Gasteiger partial charge in [0.2, 0.25) is 5.91 Å². The third-order valence-electron chi connectivity index (χ3n) is 5.21. The van der Waals surface area contributed by atoms with Crippen molar-refractivity contribution in [3.8, 4) is 23.0 Å². The minimum absolute atomic E-state index is 0.0697. The van der Waals surface area contributed by atoms with Crippen molar-refractivity contribution in [3.63, 3.8) is 0 Å². The molecule has 0 bridgehead atoms. The quantitative estimate of drug-likeness (QED) is 0.699. The van der Waals surface area contributed by atoms with Crippen LogP contribution in [-0.4, -0.2) is 19.1 Å². The Hall–Kier alpha value is -3.47. The number of hydrogen-bond donors (Lipinski definition) is 1. The maximum atomic E-state index is 12.7. The van der Waals surface area contributed by atoms with Gasteiger partial charge in [-0.05, 0) is 42.5 Å². The van der Waals surface area contributed by atoms with E-state index >= 15 is 0 Å². The number of para-hydroxylation sites is 1. The zero-order chi connectivity index (χ0) is 19.6. The molecule has 2 aliphatic rings. The molecule has 0 radical (unpaired) electrons. The maximum Gasteiger partial charge on any atom is 0.228 e. The highest BCUT2D eigenvalue weighted by Gasteiger charge is 2.27. The van der Waals surface area contributed by atoms with Crippen LogP contribution in [0.25, 0.3) is 0 Å². The number of anilines is 1. The lowest BCUT2D eigenvalue weighted by Crippen LogP contribution is -2.16. The van der Waals surface area contributed by atoms with Crippen LogP contribution in [0, 0.1) is 0 Å². The smallest absolute Gasteiger partial charge is 0.228 e. The fourth-order valence-corrected chi connectivity index (χ4v) is 3.87. The molecule has 3 aromatic carbocycles. The van der Waals surface area contributed by atoms with E-state index in [2.05, 4.69) is 11.4 Å². The number of carbonyl (C=O) groups excluding carboxylic acids is 1. The lowest BCUT2D eigenvalue weighted by molar-refractivity contribution is -0.115. The summed E-state index contributed by atoms with van der Waals surface area (Å²) in [6.45, 7) is 1.32. The first-order valence-electron chi connectivity index (χ1n) is 9.82. The van der Waals surface area contributed by atoms with E-state index < -0.39 is 0 Å². The van der Waals surface area contributed by atoms with Crippen molar-refractivity contribution in [2.45, 2.75) is 19.3 Å². The van der Waals surface area contributed by atoms with E-state index in [0.717, 1.165) is 58.2 Å². The first-order valence-corrected chi connectivity index (χ1v) is 9.82. The number of benzene rings is 3. The van der Waals surface area contributed by atoms with E-state index in [4.69, 9.17) is 14.2 Å². The van der Waals surface area contributed by atoms with Gasteiger partial charge in [-0.25, -0.2) is 0 Å². The van der Waals surface area contributed by atoms with Gasteiger partial charge in [0.25, 0.3) is 0 Å². The third kappa shape index (κ3) is 3.63. The minimum Gasteiger partial charge on any atom is -0.493 e. The molecule has 1 N–H and O–H groups in total. The van der Waals surface area contributed by atoms with Crippen molar-refractivity contribution < 1.29 is 19.0 Å². The van der Waals surface area contributed by atoms with Gasteiger partial charge in [-0.2, -0.15) is 0 Å². The van der Waals surface area contributed by atoms with E-state index in [9.17, 15) is 4.79 Å². The summed E-state index contributed by atoms with van der Waals surface area (Å²) in [5, 5.41) is 2.97. The standard InChI is InChI=1S/C24H21NO4/c26-23(15-21-20-11-13-27-22(20)14-16-10-12-28-24(16)21)25-17-6-8-19(9-7-17)29-18-4-2-1-3-5-18/h1-9,14H,10-13,15H2,(H,25,26). The number of amides is 1. The highest BCUT2D eigenvalue weighted by molar-refractivity contribution is 5.93. The molecule has 5 heteroatoms. The largest absolute Gasteiger partial charge is 0.493 e. The van der Waals surface area contributed by atoms with Gasteiger partial charge in [-0.3, -0.25) is 4.79 Å². The van der Waals surface area contributed by atoms with Gasteiger partial charge in [0.15, 0.2) is 0 Å². The fraction of sp³-hybridized carbons (Fsp3) is 0.208. The molecule has 0 aliphatic carbocycles. The molecule has 0 saturated heterocycles. The molecule has 0 spiro atoms. The minimum atomic E-state index is -0.0697. The van der Waals surface area contributed by atoms with Crippen LogP contribution in [0.4, 0.5) is 5.69 Å². The van der Waals surface area contributed by atoms with Gasteiger partial charge in [-0.15, -0.1) is 0 Å². The molecule has 0 unspecified atom stereocenters. The highest BCUT2D eigenvalue weighted by Crippen LogP contribution is 2.40. The van der Waals surface area contributed by atoms with Gasteiger partial charge in [0.1, 0.15) is 23.0 Å². The number of nitrogens with one attached hydrogen (secondary N) is 1. The number of carbonyl (C=O) groups is 1. The first-order chi connectivity index (χ1) is 14.3. The predicted molar refractivity (Wildman–Crippen MR) is 110 cm³/mol. The molecule has 3 aromatic rings. The van der Waals surface area contributed by atoms with Crippen LogP contribution in [0.1, 0.15) is 16.7 Å². The third-order valence-corrected chi connectivity index (χ3v) is 5.21. The Bertz CT molecular complexity index is 1010. The van der Waals surface area contributed by atoms with E-state index in [1.165, 1.54) is 0 Å².